The molecule has 26 heavy (non-hydrogen) atoms. The number of hydrogen-bond donors (Lipinski definition) is 1. The molecule has 1 atom stereocenters. The van der Waals surface area contributed by atoms with Gasteiger partial charge in [-0.3, -0.25) is 4.98 Å². The second-order valence-corrected chi connectivity index (χ2v) is 6.64. The summed E-state index contributed by atoms with van der Waals surface area (Å²) < 4.78 is 7.45. The number of nitrogens with one attached hydrogen (secondary N) is 1. The number of para-hydroxylation sites is 1. The number of aryl methyl sites for hydroxylation is 1. The van der Waals surface area contributed by atoms with Crippen LogP contribution in [-0.2, 0) is 4.74 Å². The Balaban J connectivity index is 1.72. The fourth-order valence-electron chi connectivity index (χ4n) is 3.57. The van der Waals surface area contributed by atoms with E-state index in [1.165, 1.54) is 10.9 Å². The minimum atomic E-state index is 0.251. The van der Waals surface area contributed by atoms with Crippen molar-refractivity contribution in [3.8, 4) is 17.2 Å². The zero-order valence-corrected chi connectivity index (χ0v) is 14.5. The summed E-state index contributed by atoms with van der Waals surface area (Å²) in [7, 11) is 0. The summed E-state index contributed by atoms with van der Waals surface area (Å²) in [6.45, 7) is 3.58. The number of hydrogen-bond acceptors (Lipinski definition) is 4. The van der Waals surface area contributed by atoms with Crippen LogP contribution in [0.2, 0.25) is 0 Å². The van der Waals surface area contributed by atoms with Gasteiger partial charge in [-0.2, -0.15) is 5.10 Å². The van der Waals surface area contributed by atoms with Crippen LogP contribution in [0.25, 0.3) is 28.1 Å². The molecule has 1 aromatic carbocycles. The maximum absolute atomic E-state index is 5.54. The first-order valence-corrected chi connectivity index (χ1v) is 8.84. The van der Waals surface area contributed by atoms with Crippen LogP contribution in [-0.4, -0.2) is 37.9 Å². The average Bonchev–Trinajstić information content (AvgIpc) is 3.41. The smallest absolute Gasteiger partial charge is 0.180 e. The van der Waals surface area contributed by atoms with E-state index in [4.69, 9.17) is 14.8 Å². The van der Waals surface area contributed by atoms with Gasteiger partial charge < -0.3 is 9.72 Å². The normalized spacial score (nSPS) is 17.2. The molecule has 1 fully saturated rings. The minimum absolute atomic E-state index is 0.251. The molecule has 1 aliphatic rings. The lowest BCUT2D eigenvalue weighted by Crippen LogP contribution is -2.03. The Morgan fingerprint density at radius 3 is 2.77 bits per heavy atom. The van der Waals surface area contributed by atoms with Crippen molar-refractivity contribution < 1.29 is 4.74 Å². The SMILES string of the molecule is Cc1c(-c2nc(C3CCOC3)nn2-c2ccncc2)[nH]c2ccccc12. The summed E-state index contributed by atoms with van der Waals surface area (Å²) in [5.41, 5.74) is 4.24. The minimum Gasteiger partial charge on any atom is -0.381 e. The van der Waals surface area contributed by atoms with Gasteiger partial charge in [-0.05, 0) is 37.1 Å². The highest BCUT2D eigenvalue weighted by Crippen LogP contribution is 2.32. The summed E-state index contributed by atoms with van der Waals surface area (Å²) in [5, 5.41) is 6.03. The maximum Gasteiger partial charge on any atom is 0.180 e. The molecule has 0 amide bonds. The second-order valence-electron chi connectivity index (χ2n) is 6.64. The van der Waals surface area contributed by atoms with Crippen LogP contribution in [0.15, 0.2) is 48.8 Å². The average molecular weight is 345 g/mol. The van der Waals surface area contributed by atoms with E-state index in [1.807, 2.05) is 22.9 Å². The molecule has 5 rings (SSSR count). The molecular weight excluding hydrogens is 326 g/mol. The van der Waals surface area contributed by atoms with Crippen LogP contribution >= 0.6 is 0 Å². The van der Waals surface area contributed by atoms with Crippen LogP contribution in [0.1, 0.15) is 23.7 Å². The lowest BCUT2D eigenvalue weighted by molar-refractivity contribution is 0.193. The van der Waals surface area contributed by atoms with Crippen LogP contribution in [0.5, 0.6) is 0 Å². The molecule has 6 heteroatoms. The monoisotopic (exact) mass is 345 g/mol. The molecule has 130 valence electrons. The van der Waals surface area contributed by atoms with Gasteiger partial charge in [0, 0.05) is 35.8 Å². The van der Waals surface area contributed by atoms with Crippen LogP contribution in [0.4, 0.5) is 0 Å². The van der Waals surface area contributed by atoms with E-state index in [0.717, 1.165) is 41.6 Å². The van der Waals surface area contributed by atoms with Crippen LogP contribution < -0.4 is 0 Å². The Kier molecular flexibility index (Phi) is 3.57. The number of ether oxygens (including phenoxy) is 1. The van der Waals surface area contributed by atoms with Crippen molar-refractivity contribution in [1.82, 2.24) is 24.7 Å². The van der Waals surface area contributed by atoms with E-state index >= 15 is 0 Å². The van der Waals surface area contributed by atoms with Gasteiger partial charge >= 0.3 is 0 Å². The van der Waals surface area contributed by atoms with E-state index in [9.17, 15) is 0 Å². The summed E-state index contributed by atoms with van der Waals surface area (Å²) in [4.78, 5) is 12.6. The highest BCUT2D eigenvalue weighted by molar-refractivity contribution is 5.89. The van der Waals surface area contributed by atoms with Crippen molar-refractivity contribution in [3.63, 3.8) is 0 Å². The van der Waals surface area contributed by atoms with Crippen molar-refractivity contribution in [2.75, 3.05) is 13.2 Å². The summed E-state index contributed by atoms with van der Waals surface area (Å²) in [6, 6.07) is 12.2. The standard InChI is InChI=1S/C20H19N5O/c1-13-16-4-2-3-5-17(16)22-18(13)20-23-19(14-8-11-26-12-14)24-25(20)15-6-9-21-10-7-15/h2-7,9-10,14,22H,8,11-12H2,1H3. The molecular formula is C20H19N5O. The zero-order chi connectivity index (χ0) is 17.5. The van der Waals surface area contributed by atoms with Gasteiger partial charge in [-0.15, -0.1) is 0 Å². The van der Waals surface area contributed by atoms with E-state index in [-0.39, 0.29) is 5.92 Å². The first-order valence-electron chi connectivity index (χ1n) is 8.84. The lowest BCUT2D eigenvalue weighted by Gasteiger charge is -2.05. The Hall–Kier alpha value is -2.99. The van der Waals surface area contributed by atoms with Gasteiger partial charge in [0.05, 0.1) is 18.0 Å². The molecule has 0 aliphatic carbocycles. The van der Waals surface area contributed by atoms with Gasteiger partial charge in [-0.25, -0.2) is 9.67 Å². The largest absolute Gasteiger partial charge is 0.381 e. The Morgan fingerprint density at radius 1 is 1.15 bits per heavy atom. The van der Waals surface area contributed by atoms with Crippen LogP contribution in [0.3, 0.4) is 0 Å². The number of fused-ring (bicyclic) bond motifs is 1. The third-order valence-electron chi connectivity index (χ3n) is 5.02. The zero-order valence-electron chi connectivity index (χ0n) is 14.5. The van der Waals surface area contributed by atoms with Crippen molar-refractivity contribution in [1.29, 1.82) is 0 Å². The number of aromatic amines is 1. The predicted molar refractivity (Wildman–Crippen MR) is 99.4 cm³/mol. The third-order valence-corrected chi connectivity index (χ3v) is 5.02. The molecule has 3 aromatic heterocycles. The fourth-order valence-corrected chi connectivity index (χ4v) is 3.57. The maximum atomic E-state index is 5.54. The first kappa shape index (κ1) is 15.3. The second kappa shape index (κ2) is 6.07. The Morgan fingerprint density at radius 2 is 2.00 bits per heavy atom. The van der Waals surface area contributed by atoms with Crippen molar-refractivity contribution >= 4 is 10.9 Å². The van der Waals surface area contributed by atoms with Gasteiger partial charge in [0.15, 0.2) is 11.6 Å². The molecule has 6 nitrogen and oxygen atoms in total. The molecule has 0 spiro atoms. The van der Waals surface area contributed by atoms with E-state index in [0.29, 0.717) is 6.61 Å². The predicted octanol–water partition coefficient (Wildman–Crippen LogP) is 3.62. The molecule has 0 bridgehead atoms. The quantitative estimate of drug-likeness (QED) is 0.616. The topological polar surface area (TPSA) is 68.6 Å². The molecule has 1 unspecified atom stereocenters. The van der Waals surface area contributed by atoms with Gasteiger partial charge in [0.2, 0.25) is 0 Å². The molecule has 4 heterocycles. The Bertz CT molecular complexity index is 1060. The number of nitrogens with zero attached hydrogens (tertiary/aromatic N) is 4. The third kappa shape index (κ3) is 2.42. The first-order chi connectivity index (χ1) is 12.8. The number of pyridine rings is 1. The van der Waals surface area contributed by atoms with Crippen LogP contribution in [0, 0.1) is 6.92 Å². The summed E-state index contributed by atoms with van der Waals surface area (Å²) in [5.74, 6) is 1.92. The highest BCUT2D eigenvalue weighted by atomic mass is 16.5. The lowest BCUT2D eigenvalue weighted by atomic mass is 10.1. The highest BCUT2D eigenvalue weighted by Gasteiger charge is 2.26. The van der Waals surface area contributed by atoms with E-state index < -0.39 is 0 Å². The van der Waals surface area contributed by atoms with E-state index in [1.54, 1.807) is 12.4 Å². The number of rotatable bonds is 3. The number of benzene rings is 1. The molecule has 4 aromatic rings. The number of aromatic nitrogens is 5. The molecule has 1 N–H and O–H groups in total. The van der Waals surface area contributed by atoms with Crippen molar-refractivity contribution in [2.24, 2.45) is 0 Å². The molecule has 0 radical (unpaired) electrons. The van der Waals surface area contributed by atoms with E-state index in [2.05, 4.69) is 35.1 Å². The van der Waals surface area contributed by atoms with Crippen molar-refractivity contribution in [2.45, 2.75) is 19.3 Å². The van der Waals surface area contributed by atoms with Gasteiger partial charge in [0.1, 0.15) is 0 Å². The summed E-state index contributed by atoms with van der Waals surface area (Å²) >= 11 is 0. The Labute approximate surface area is 150 Å². The molecule has 0 saturated carbocycles. The van der Waals surface area contributed by atoms with Crippen molar-refractivity contribution in [3.05, 3.63) is 60.2 Å². The molecule has 1 saturated heterocycles. The molecule has 1 aliphatic heterocycles. The fraction of sp³-hybridized carbons (Fsp3) is 0.250. The van der Waals surface area contributed by atoms with Gasteiger partial charge in [-0.1, -0.05) is 18.2 Å². The summed E-state index contributed by atoms with van der Waals surface area (Å²) in [6.07, 6.45) is 4.51. The van der Waals surface area contributed by atoms with Gasteiger partial charge in [0.25, 0.3) is 0 Å². The number of H-pyrrole nitrogens is 1.